The van der Waals surface area contributed by atoms with Crippen molar-refractivity contribution < 1.29 is 13.2 Å². The average molecular weight is 439 g/mol. The standard InChI is InChI=1S/C22H26ClF3N4/c1-5-28(10-16-6-7-16)11-17-20(22(24,25)26)27-21-29(17)12-18(23)30(21)19-14(3)8-13(2)9-15(19)4/h8-9,12,16H,5-7,10-11H2,1-4H3. The molecule has 1 aromatic carbocycles. The third kappa shape index (κ3) is 3.85. The quantitative estimate of drug-likeness (QED) is 0.475. The summed E-state index contributed by atoms with van der Waals surface area (Å²) in [6.07, 6.45) is -0.676. The van der Waals surface area contributed by atoms with Gasteiger partial charge in [-0.15, -0.1) is 0 Å². The van der Waals surface area contributed by atoms with E-state index < -0.39 is 11.9 Å². The van der Waals surface area contributed by atoms with E-state index >= 15 is 0 Å². The van der Waals surface area contributed by atoms with Gasteiger partial charge in [0.15, 0.2) is 5.69 Å². The van der Waals surface area contributed by atoms with E-state index in [0.717, 1.165) is 41.8 Å². The van der Waals surface area contributed by atoms with Crippen LogP contribution in [-0.4, -0.2) is 31.9 Å². The maximum atomic E-state index is 13.9. The van der Waals surface area contributed by atoms with E-state index in [1.54, 1.807) is 10.8 Å². The fourth-order valence-corrected chi connectivity index (χ4v) is 4.56. The largest absolute Gasteiger partial charge is 0.435 e. The van der Waals surface area contributed by atoms with Crippen LogP contribution in [0.15, 0.2) is 18.3 Å². The third-order valence-electron chi connectivity index (χ3n) is 5.80. The number of imidazole rings is 2. The Morgan fingerprint density at radius 2 is 1.80 bits per heavy atom. The minimum Gasteiger partial charge on any atom is -0.298 e. The van der Waals surface area contributed by atoms with Crippen LogP contribution in [0.25, 0.3) is 11.5 Å². The highest BCUT2D eigenvalue weighted by molar-refractivity contribution is 6.30. The summed E-state index contributed by atoms with van der Waals surface area (Å²) >= 11 is 6.54. The zero-order chi connectivity index (χ0) is 21.8. The summed E-state index contributed by atoms with van der Waals surface area (Å²) < 4.78 is 44.8. The van der Waals surface area contributed by atoms with Gasteiger partial charge in [-0.05, 0) is 57.2 Å². The molecule has 30 heavy (non-hydrogen) atoms. The molecule has 1 aliphatic rings. The molecule has 0 aliphatic heterocycles. The number of hydrogen-bond acceptors (Lipinski definition) is 2. The van der Waals surface area contributed by atoms with E-state index in [0.29, 0.717) is 17.6 Å². The number of benzene rings is 1. The van der Waals surface area contributed by atoms with Crippen molar-refractivity contribution in [3.05, 3.63) is 51.6 Å². The van der Waals surface area contributed by atoms with E-state index in [1.165, 1.54) is 4.40 Å². The van der Waals surface area contributed by atoms with E-state index in [2.05, 4.69) is 9.88 Å². The lowest BCUT2D eigenvalue weighted by Crippen LogP contribution is -2.27. The molecule has 4 rings (SSSR count). The normalized spacial score (nSPS) is 15.0. The molecule has 0 bridgehead atoms. The topological polar surface area (TPSA) is 25.5 Å². The summed E-state index contributed by atoms with van der Waals surface area (Å²) in [5.41, 5.74) is 3.05. The van der Waals surface area contributed by atoms with Crippen LogP contribution in [0.3, 0.4) is 0 Å². The molecule has 8 heteroatoms. The molecular weight excluding hydrogens is 413 g/mol. The van der Waals surface area contributed by atoms with Crippen LogP contribution in [0.2, 0.25) is 5.15 Å². The summed E-state index contributed by atoms with van der Waals surface area (Å²) in [6, 6.07) is 4.00. The Morgan fingerprint density at radius 3 is 2.33 bits per heavy atom. The summed E-state index contributed by atoms with van der Waals surface area (Å²) in [5.74, 6) is 0.786. The average Bonchev–Trinajstić information content (AvgIpc) is 3.30. The molecule has 0 amide bonds. The van der Waals surface area contributed by atoms with E-state index in [4.69, 9.17) is 11.6 Å². The number of nitrogens with zero attached hydrogens (tertiary/aromatic N) is 4. The van der Waals surface area contributed by atoms with Crippen LogP contribution >= 0.6 is 11.6 Å². The van der Waals surface area contributed by atoms with Crippen molar-refractivity contribution in [1.82, 2.24) is 18.9 Å². The molecule has 3 aromatic rings. The van der Waals surface area contributed by atoms with Crippen LogP contribution in [0.5, 0.6) is 0 Å². The van der Waals surface area contributed by atoms with Crippen LogP contribution in [0.4, 0.5) is 13.2 Å². The number of alkyl halides is 3. The highest BCUT2D eigenvalue weighted by Gasteiger charge is 2.39. The first-order valence-corrected chi connectivity index (χ1v) is 10.6. The van der Waals surface area contributed by atoms with Gasteiger partial charge in [-0.25, -0.2) is 4.98 Å². The van der Waals surface area contributed by atoms with Crippen LogP contribution in [0, 0.1) is 26.7 Å². The molecule has 2 heterocycles. The van der Waals surface area contributed by atoms with Gasteiger partial charge in [0.2, 0.25) is 5.78 Å². The van der Waals surface area contributed by atoms with E-state index in [-0.39, 0.29) is 18.0 Å². The molecule has 0 unspecified atom stereocenters. The molecule has 1 saturated carbocycles. The molecular formula is C22H26ClF3N4. The minimum absolute atomic E-state index is 0.142. The molecule has 0 spiro atoms. The predicted octanol–water partition coefficient (Wildman–Crippen LogP) is 5.95. The Morgan fingerprint density at radius 1 is 1.17 bits per heavy atom. The first-order valence-electron chi connectivity index (χ1n) is 10.3. The van der Waals surface area contributed by atoms with Gasteiger partial charge in [-0.2, -0.15) is 13.2 Å². The van der Waals surface area contributed by atoms with Crippen LogP contribution in [-0.2, 0) is 12.7 Å². The van der Waals surface area contributed by atoms with Gasteiger partial charge < -0.3 is 0 Å². The fourth-order valence-electron chi connectivity index (χ4n) is 4.30. The van der Waals surface area contributed by atoms with Crippen molar-refractivity contribution in [3.8, 4) is 5.69 Å². The number of aryl methyl sites for hydroxylation is 3. The zero-order valence-electron chi connectivity index (χ0n) is 17.6. The Balaban J connectivity index is 1.89. The smallest absolute Gasteiger partial charge is 0.298 e. The molecule has 0 N–H and O–H groups in total. The molecule has 0 saturated heterocycles. The Labute approximate surface area is 179 Å². The van der Waals surface area contributed by atoms with Gasteiger partial charge in [-0.1, -0.05) is 36.2 Å². The maximum absolute atomic E-state index is 13.9. The lowest BCUT2D eigenvalue weighted by Gasteiger charge is -2.20. The summed E-state index contributed by atoms with van der Waals surface area (Å²) in [7, 11) is 0. The molecule has 2 aromatic heterocycles. The second-order valence-electron chi connectivity index (χ2n) is 8.38. The molecule has 1 aliphatic carbocycles. The number of aromatic nitrogens is 3. The first-order chi connectivity index (χ1) is 14.1. The summed E-state index contributed by atoms with van der Waals surface area (Å²) in [5, 5.41) is 0.341. The molecule has 0 atom stereocenters. The van der Waals surface area contributed by atoms with Crippen molar-refractivity contribution in [2.75, 3.05) is 13.1 Å². The lowest BCUT2D eigenvalue weighted by atomic mass is 10.1. The van der Waals surface area contributed by atoms with Gasteiger partial charge in [-0.3, -0.25) is 13.9 Å². The summed E-state index contributed by atoms with van der Waals surface area (Å²) in [6.45, 7) is 9.53. The van der Waals surface area contributed by atoms with Gasteiger partial charge in [0.25, 0.3) is 0 Å². The lowest BCUT2D eigenvalue weighted by molar-refractivity contribution is -0.141. The van der Waals surface area contributed by atoms with E-state index in [1.807, 2.05) is 39.8 Å². The monoisotopic (exact) mass is 438 g/mol. The number of hydrogen-bond donors (Lipinski definition) is 0. The van der Waals surface area contributed by atoms with Crippen LogP contribution in [0.1, 0.15) is 47.8 Å². The second-order valence-corrected chi connectivity index (χ2v) is 8.77. The SMILES string of the molecule is CCN(Cc1c(C(F)(F)F)nc2n(-c3c(C)cc(C)cc3C)c(Cl)cn12)CC1CC1. The van der Waals surface area contributed by atoms with Gasteiger partial charge in [0.05, 0.1) is 11.4 Å². The van der Waals surface area contributed by atoms with E-state index in [9.17, 15) is 13.2 Å². The van der Waals surface area contributed by atoms with Gasteiger partial charge in [0.1, 0.15) is 5.15 Å². The molecule has 1 fully saturated rings. The second kappa shape index (κ2) is 7.61. The van der Waals surface area contributed by atoms with Crippen molar-refractivity contribution in [3.63, 3.8) is 0 Å². The van der Waals surface area contributed by atoms with Gasteiger partial charge >= 0.3 is 6.18 Å². The fraction of sp³-hybridized carbons (Fsp3) is 0.500. The molecule has 0 radical (unpaired) electrons. The Bertz CT molecular complexity index is 1070. The summed E-state index contributed by atoms with van der Waals surface area (Å²) in [4.78, 5) is 6.12. The van der Waals surface area contributed by atoms with Crippen molar-refractivity contribution in [1.29, 1.82) is 0 Å². The predicted molar refractivity (Wildman–Crippen MR) is 112 cm³/mol. The van der Waals surface area contributed by atoms with Crippen LogP contribution < -0.4 is 0 Å². The minimum atomic E-state index is -4.53. The number of fused-ring (bicyclic) bond motifs is 1. The zero-order valence-corrected chi connectivity index (χ0v) is 18.4. The first kappa shape index (κ1) is 21.2. The number of halogens is 4. The third-order valence-corrected chi connectivity index (χ3v) is 6.07. The Hall–Kier alpha value is -1.99. The molecule has 4 nitrogen and oxygen atoms in total. The van der Waals surface area contributed by atoms with Gasteiger partial charge in [0, 0.05) is 19.3 Å². The van der Waals surface area contributed by atoms with Crippen molar-refractivity contribution in [2.24, 2.45) is 5.92 Å². The Kier molecular flexibility index (Phi) is 5.39. The number of rotatable bonds is 6. The maximum Gasteiger partial charge on any atom is 0.435 e. The highest BCUT2D eigenvalue weighted by Crippen LogP contribution is 2.37. The van der Waals surface area contributed by atoms with Crippen molar-refractivity contribution >= 4 is 17.4 Å². The van der Waals surface area contributed by atoms with Crippen molar-refractivity contribution in [2.45, 2.75) is 53.3 Å². The molecule has 162 valence electrons. The highest BCUT2D eigenvalue weighted by atomic mass is 35.5.